The number of hydrogen-bond acceptors (Lipinski definition) is 1. The Labute approximate surface area is 107 Å². The first-order chi connectivity index (χ1) is 8.15. The van der Waals surface area contributed by atoms with Crippen LogP contribution in [0.4, 0.5) is 0 Å². The van der Waals surface area contributed by atoms with E-state index in [1.54, 1.807) is 18.2 Å². The first-order valence-electron chi connectivity index (χ1n) is 5.63. The Hall–Kier alpha value is -1.46. The zero-order valence-electron chi connectivity index (χ0n) is 9.92. The van der Waals surface area contributed by atoms with Gasteiger partial charge in [-0.15, -0.1) is 12.3 Å². The fourth-order valence-electron chi connectivity index (χ4n) is 1.53. The standard InChI is InChI=1S/C14H16ClNO/c1-3-4-5-6-9-16-14(17)13-8-7-12(15)10-11(13)2/h1,7-8,10H,4-6,9H2,2H3,(H,16,17). The summed E-state index contributed by atoms with van der Waals surface area (Å²) < 4.78 is 0. The summed E-state index contributed by atoms with van der Waals surface area (Å²) in [5.41, 5.74) is 1.56. The van der Waals surface area contributed by atoms with Crippen LogP contribution >= 0.6 is 11.6 Å². The first kappa shape index (κ1) is 13.6. The lowest BCUT2D eigenvalue weighted by Crippen LogP contribution is -2.25. The van der Waals surface area contributed by atoms with Crippen molar-refractivity contribution >= 4 is 17.5 Å². The number of unbranched alkanes of at least 4 members (excludes halogenated alkanes) is 2. The zero-order chi connectivity index (χ0) is 12.7. The van der Waals surface area contributed by atoms with Crippen molar-refractivity contribution in [1.29, 1.82) is 0 Å². The molecule has 0 fully saturated rings. The van der Waals surface area contributed by atoms with Gasteiger partial charge in [0, 0.05) is 23.6 Å². The molecule has 0 radical (unpaired) electrons. The van der Waals surface area contributed by atoms with Crippen molar-refractivity contribution in [2.24, 2.45) is 0 Å². The number of amides is 1. The topological polar surface area (TPSA) is 29.1 Å². The molecule has 1 N–H and O–H groups in total. The number of aryl methyl sites for hydroxylation is 1. The summed E-state index contributed by atoms with van der Waals surface area (Å²) in [6.45, 7) is 2.53. The molecule has 0 heterocycles. The van der Waals surface area contributed by atoms with E-state index in [0.717, 1.165) is 24.8 Å². The van der Waals surface area contributed by atoms with Crippen molar-refractivity contribution < 1.29 is 4.79 Å². The van der Waals surface area contributed by atoms with Gasteiger partial charge in [-0.3, -0.25) is 4.79 Å². The normalized spacial score (nSPS) is 9.71. The van der Waals surface area contributed by atoms with E-state index in [2.05, 4.69) is 11.2 Å². The minimum atomic E-state index is -0.0557. The van der Waals surface area contributed by atoms with Crippen LogP contribution in [0.3, 0.4) is 0 Å². The molecule has 2 nitrogen and oxygen atoms in total. The van der Waals surface area contributed by atoms with Crippen molar-refractivity contribution in [1.82, 2.24) is 5.32 Å². The first-order valence-corrected chi connectivity index (χ1v) is 6.00. The molecule has 1 amide bonds. The van der Waals surface area contributed by atoms with E-state index in [-0.39, 0.29) is 5.91 Å². The predicted octanol–water partition coefficient (Wildman–Crippen LogP) is 3.18. The molecule has 0 aliphatic rings. The molecule has 0 atom stereocenters. The van der Waals surface area contributed by atoms with E-state index in [4.69, 9.17) is 18.0 Å². The van der Waals surface area contributed by atoms with Crippen LogP contribution < -0.4 is 5.32 Å². The Bertz CT molecular complexity index is 434. The number of terminal acetylenes is 1. The average Bonchev–Trinajstić information content (AvgIpc) is 2.28. The van der Waals surface area contributed by atoms with Gasteiger partial charge in [0.05, 0.1) is 0 Å². The summed E-state index contributed by atoms with van der Waals surface area (Å²) in [6.07, 6.45) is 7.75. The van der Waals surface area contributed by atoms with Gasteiger partial charge in [-0.05, 0) is 43.5 Å². The van der Waals surface area contributed by atoms with Gasteiger partial charge in [-0.25, -0.2) is 0 Å². The molecule has 0 saturated heterocycles. The van der Waals surface area contributed by atoms with Crippen LogP contribution in [0, 0.1) is 19.3 Å². The third-order valence-corrected chi connectivity index (χ3v) is 2.70. The van der Waals surface area contributed by atoms with Crippen LogP contribution in [0.5, 0.6) is 0 Å². The van der Waals surface area contributed by atoms with Crippen LogP contribution in [-0.4, -0.2) is 12.5 Å². The Morgan fingerprint density at radius 1 is 1.47 bits per heavy atom. The summed E-state index contributed by atoms with van der Waals surface area (Å²) >= 11 is 5.83. The van der Waals surface area contributed by atoms with Gasteiger partial charge in [0.1, 0.15) is 0 Å². The van der Waals surface area contributed by atoms with Crippen molar-refractivity contribution in [2.75, 3.05) is 6.54 Å². The SMILES string of the molecule is C#CCCCCNC(=O)c1ccc(Cl)cc1C. The second-order valence-corrected chi connectivity index (χ2v) is 4.31. The number of carbonyl (C=O) groups excluding carboxylic acids is 1. The van der Waals surface area contributed by atoms with Gasteiger partial charge in [-0.1, -0.05) is 11.6 Å². The molecular weight excluding hydrogens is 234 g/mol. The largest absolute Gasteiger partial charge is 0.352 e. The molecule has 0 spiro atoms. The Morgan fingerprint density at radius 2 is 2.24 bits per heavy atom. The molecule has 1 aromatic rings. The van der Waals surface area contributed by atoms with Crippen LogP contribution in [-0.2, 0) is 0 Å². The monoisotopic (exact) mass is 249 g/mol. The number of nitrogens with one attached hydrogen (secondary N) is 1. The van der Waals surface area contributed by atoms with Crippen molar-refractivity contribution in [3.05, 3.63) is 34.3 Å². The molecule has 1 aromatic carbocycles. The average molecular weight is 250 g/mol. The molecule has 3 heteroatoms. The third-order valence-electron chi connectivity index (χ3n) is 2.47. The van der Waals surface area contributed by atoms with Crippen molar-refractivity contribution in [3.8, 4) is 12.3 Å². The number of carbonyl (C=O) groups is 1. The smallest absolute Gasteiger partial charge is 0.251 e. The Kier molecular flexibility index (Phi) is 5.59. The molecule has 0 aliphatic heterocycles. The molecule has 0 aliphatic carbocycles. The highest BCUT2D eigenvalue weighted by atomic mass is 35.5. The minimum Gasteiger partial charge on any atom is -0.352 e. The summed E-state index contributed by atoms with van der Waals surface area (Å²) in [4.78, 5) is 11.8. The van der Waals surface area contributed by atoms with Crippen molar-refractivity contribution in [2.45, 2.75) is 26.2 Å². The molecule has 90 valence electrons. The number of halogens is 1. The zero-order valence-corrected chi connectivity index (χ0v) is 10.7. The number of hydrogen-bond donors (Lipinski definition) is 1. The predicted molar refractivity (Wildman–Crippen MR) is 71.2 cm³/mol. The van der Waals surface area contributed by atoms with E-state index in [0.29, 0.717) is 17.1 Å². The lowest BCUT2D eigenvalue weighted by Gasteiger charge is -2.07. The highest BCUT2D eigenvalue weighted by Gasteiger charge is 2.07. The second-order valence-electron chi connectivity index (χ2n) is 3.88. The maximum Gasteiger partial charge on any atom is 0.251 e. The molecule has 0 saturated carbocycles. The van der Waals surface area contributed by atoms with Gasteiger partial charge >= 0.3 is 0 Å². The van der Waals surface area contributed by atoms with Gasteiger partial charge in [-0.2, -0.15) is 0 Å². The van der Waals surface area contributed by atoms with E-state index in [1.165, 1.54) is 0 Å². The van der Waals surface area contributed by atoms with Gasteiger partial charge in [0.25, 0.3) is 5.91 Å². The maximum absolute atomic E-state index is 11.8. The summed E-state index contributed by atoms with van der Waals surface area (Å²) in [5.74, 6) is 2.52. The third kappa shape index (κ3) is 4.50. The second kappa shape index (κ2) is 6.98. The highest BCUT2D eigenvalue weighted by Crippen LogP contribution is 2.14. The lowest BCUT2D eigenvalue weighted by molar-refractivity contribution is 0.0952. The van der Waals surface area contributed by atoms with Gasteiger partial charge in [0.15, 0.2) is 0 Å². The maximum atomic E-state index is 11.8. The van der Waals surface area contributed by atoms with Crippen LogP contribution in [0.1, 0.15) is 35.2 Å². The van der Waals surface area contributed by atoms with Gasteiger partial charge < -0.3 is 5.32 Å². The minimum absolute atomic E-state index is 0.0557. The van der Waals surface area contributed by atoms with E-state index < -0.39 is 0 Å². The Morgan fingerprint density at radius 3 is 2.88 bits per heavy atom. The molecule has 1 rings (SSSR count). The molecule has 0 aromatic heterocycles. The Balaban J connectivity index is 2.45. The van der Waals surface area contributed by atoms with Crippen LogP contribution in [0.15, 0.2) is 18.2 Å². The number of benzene rings is 1. The number of rotatable bonds is 5. The highest BCUT2D eigenvalue weighted by molar-refractivity contribution is 6.30. The van der Waals surface area contributed by atoms with Gasteiger partial charge in [0.2, 0.25) is 0 Å². The summed E-state index contributed by atoms with van der Waals surface area (Å²) in [7, 11) is 0. The van der Waals surface area contributed by atoms with E-state index in [1.807, 2.05) is 6.92 Å². The fourth-order valence-corrected chi connectivity index (χ4v) is 1.76. The molecular formula is C14H16ClNO. The van der Waals surface area contributed by atoms with Crippen LogP contribution in [0.2, 0.25) is 5.02 Å². The van der Waals surface area contributed by atoms with E-state index in [9.17, 15) is 4.79 Å². The van der Waals surface area contributed by atoms with Crippen molar-refractivity contribution in [3.63, 3.8) is 0 Å². The molecule has 0 bridgehead atoms. The fraction of sp³-hybridized carbons (Fsp3) is 0.357. The summed E-state index contributed by atoms with van der Waals surface area (Å²) in [6, 6.07) is 5.26. The van der Waals surface area contributed by atoms with Crippen LogP contribution in [0.25, 0.3) is 0 Å². The lowest BCUT2D eigenvalue weighted by atomic mass is 10.1. The summed E-state index contributed by atoms with van der Waals surface area (Å²) in [5, 5.41) is 3.51. The quantitative estimate of drug-likeness (QED) is 0.630. The van der Waals surface area contributed by atoms with E-state index >= 15 is 0 Å². The molecule has 0 unspecified atom stereocenters. The molecule has 17 heavy (non-hydrogen) atoms.